The van der Waals surface area contributed by atoms with Crippen molar-refractivity contribution >= 4 is 5.97 Å². The molecule has 0 saturated heterocycles. The average molecular weight is 195 g/mol. The van der Waals surface area contributed by atoms with Crippen molar-refractivity contribution < 1.29 is 14.6 Å². The number of hydrogen-bond acceptors (Lipinski definition) is 4. The van der Waals surface area contributed by atoms with Gasteiger partial charge in [-0.05, 0) is 11.6 Å². The Kier molecular flexibility index (Phi) is 3.62. The Morgan fingerprint density at radius 3 is 2.79 bits per heavy atom. The molecule has 4 nitrogen and oxygen atoms in total. The fourth-order valence-electron chi connectivity index (χ4n) is 1.21. The van der Waals surface area contributed by atoms with Crippen LogP contribution in [0, 0.1) is 0 Å². The standard InChI is InChI=1S/C10H13NO3/c1-14-10(13)8-5-3-2-4-7(8)9(12)6-11/h2-5,9,12H,6,11H2,1H3/t9-/m1/s1. The molecule has 0 heterocycles. The van der Waals surface area contributed by atoms with E-state index in [2.05, 4.69) is 4.74 Å². The molecule has 14 heavy (non-hydrogen) atoms. The van der Waals surface area contributed by atoms with Crippen LogP contribution in [0.25, 0.3) is 0 Å². The Morgan fingerprint density at radius 1 is 1.57 bits per heavy atom. The van der Waals surface area contributed by atoms with Crippen LogP contribution in [-0.4, -0.2) is 24.7 Å². The van der Waals surface area contributed by atoms with E-state index in [9.17, 15) is 9.90 Å². The van der Waals surface area contributed by atoms with Crippen molar-refractivity contribution in [3.05, 3.63) is 35.4 Å². The number of esters is 1. The predicted molar refractivity (Wildman–Crippen MR) is 51.8 cm³/mol. The van der Waals surface area contributed by atoms with Crippen molar-refractivity contribution in [2.45, 2.75) is 6.10 Å². The zero-order valence-corrected chi connectivity index (χ0v) is 7.93. The maximum atomic E-state index is 11.3. The van der Waals surface area contributed by atoms with E-state index in [0.29, 0.717) is 11.1 Å². The number of aliphatic hydroxyl groups is 1. The first-order valence-electron chi connectivity index (χ1n) is 4.26. The van der Waals surface area contributed by atoms with E-state index in [-0.39, 0.29) is 6.54 Å². The first-order chi connectivity index (χ1) is 6.70. The molecule has 0 aliphatic rings. The van der Waals surface area contributed by atoms with Gasteiger partial charge in [0.05, 0.1) is 18.8 Å². The minimum absolute atomic E-state index is 0.0774. The molecule has 4 heteroatoms. The van der Waals surface area contributed by atoms with Crippen LogP contribution >= 0.6 is 0 Å². The van der Waals surface area contributed by atoms with Gasteiger partial charge in [0.15, 0.2) is 0 Å². The Balaban J connectivity index is 3.09. The fourth-order valence-corrected chi connectivity index (χ4v) is 1.21. The monoisotopic (exact) mass is 195 g/mol. The summed E-state index contributed by atoms with van der Waals surface area (Å²) in [6.45, 7) is 0.0774. The molecule has 1 atom stereocenters. The molecule has 0 saturated carbocycles. The van der Waals surface area contributed by atoms with E-state index in [4.69, 9.17) is 5.73 Å². The molecule has 76 valence electrons. The molecule has 0 spiro atoms. The van der Waals surface area contributed by atoms with Crippen molar-refractivity contribution in [1.29, 1.82) is 0 Å². The summed E-state index contributed by atoms with van der Waals surface area (Å²) >= 11 is 0. The summed E-state index contributed by atoms with van der Waals surface area (Å²) in [7, 11) is 1.30. The number of ether oxygens (including phenoxy) is 1. The van der Waals surface area contributed by atoms with Gasteiger partial charge in [-0.3, -0.25) is 0 Å². The number of nitrogens with two attached hydrogens (primary N) is 1. The third-order valence-corrected chi connectivity index (χ3v) is 1.95. The minimum atomic E-state index is -0.828. The molecule has 0 unspecified atom stereocenters. The minimum Gasteiger partial charge on any atom is -0.465 e. The van der Waals surface area contributed by atoms with Gasteiger partial charge in [-0.15, -0.1) is 0 Å². The second-order valence-electron chi connectivity index (χ2n) is 2.83. The van der Waals surface area contributed by atoms with E-state index in [1.807, 2.05) is 0 Å². The molecule has 0 radical (unpaired) electrons. The largest absolute Gasteiger partial charge is 0.465 e. The van der Waals surface area contributed by atoms with Crippen molar-refractivity contribution in [1.82, 2.24) is 0 Å². The summed E-state index contributed by atoms with van der Waals surface area (Å²) in [5.41, 5.74) is 6.17. The topological polar surface area (TPSA) is 72.5 Å². The van der Waals surface area contributed by atoms with Gasteiger partial charge in [0.2, 0.25) is 0 Å². The maximum absolute atomic E-state index is 11.3. The van der Waals surface area contributed by atoms with Gasteiger partial charge in [-0.25, -0.2) is 4.79 Å². The molecule has 3 N–H and O–H groups in total. The summed E-state index contributed by atoms with van der Waals surface area (Å²) in [5.74, 6) is -0.465. The normalized spacial score (nSPS) is 12.2. The Bertz CT molecular complexity index is 325. The average Bonchev–Trinajstić information content (AvgIpc) is 2.27. The van der Waals surface area contributed by atoms with Crippen LogP contribution in [0.1, 0.15) is 22.0 Å². The van der Waals surface area contributed by atoms with E-state index in [1.54, 1.807) is 24.3 Å². The number of rotatable bonds is 3. The summed E-state index contributed by atoms with van der Waals surface area (Å²) in [6, 6.07) is 6.70. The van der Waals surface area contributed by atoms with E-state index in [0.717, 1.165) is 0 Å². The first-order valence-corrected chi connectivity index (χ1v) is 4.26. The molecule has 0 aliphatic carbocycles. The van der Waals surface area contributed by atoms with Crippen molar-refractivity contribution in [3.63, 3.8) is 0 Å². The maximum Gasteiger partial charge on any atom is 0.338 e. The summed E-state index contributed by atoms with van der Waals surface area (Å²) in [6.07, 6.45) is -0.828. The number of carbonyl (C=O) groups is 1. The van der Waals surface area contributed by atoms with E-state index < -0.39 is 12.1 Å². The van der Waals surface area contributed by atoms with Gasteiger partial charge in [0.25, 0.3) is 0 Å². The van der Waals surface area contributed by atoms with Crippen LogP contribution in [0.3, 0.4) is 0 Å². The van der Waals surface area contributed by atoms with E-state index >= 15 is 0 Å². The van der Waals surface area contributed by atoms with Gasteiger partial charge in [-0.1, -0.05) is 18.2 Å². The molecule has 1 aromatic rings. The van der Waals surface area contributed by atoms with Crippen molar-refractivity contribution in [2.75, 3.05) is 13.7 Å². The molecule has 0 fully saturated rings. The lowest BCUT2D eigenvalue weighted by atomic mass is 10.0. The molecule has 1 rings (SSSR count). The quantitative estimate of drug-likeness (QED) is 0.687. The predicted octanol–water partition coefficient (Wildman–Crippen LogP) is 0.465. The van der Waals surface area contributed by atoms with Crippen molar-refractivity contribution in [3.8, 4) is 0 Å². The lowest BCUT2D eigenvalue weighted by molar-refractivity contribution is 0.0593. The lowest BCUT2D eigenvalue weighted by Crippen LogP contribution is -2.15. The van der Waals surface area contributed by atoms with Gasteiger partial charge >= 0.3 is 5.97 Å². The molecular formula is C10H13NO3. The highest BCUT2D eigenvalue weighted by atomic mass is 16.5. The second-order valence-corrected chi connectivity index (χ2v) is 2.83. The van der Waals surface area contributed by atoms with Crippen LogP contribution in [0.2, 0.25) is 0 Å². The molecule has 0 amide bonds. The van der Waals surface area contributed by atoms with Gasteiger partial charge in [0, 0.05) is 6.54 Å². The molecule has 0 bridgehead atoms. The van der Waals surface area contributed by atoms with Gasteiger partial charge in [0.1, 0.15) is 0 Å². The number of aliphatic hydroxyl groups excluding tert-OH is 1. The number of carbonyl (C=O) groups excluding carboxylic acids is 1. The molecular weight excluding hydrogens is 182 g/mol. The number of methoxy groups -OCH3 is 1. The summed E-state index contributed by atoms with van der Waals surface area (Å²) in [5, 5.41) is 9.52. The Labute approximate surface area is 82.3 Å². The SMILES string of the molecule is COC(=O)c1ccccc1[C@H](O)CN. The summed E-state index contributed by atoms with van der Waals surface area (Å²) < 4.78 is 4.58. The fraction of sp³-hybridized carbons (Fsp3) is 0.300. The van der Waals surface area contributed by atoms with Gasteiger partial charge in [-0.2, -0.15) is 0 Å². The molecule has 1 aromatic carbocycles. The lowest BCUT2D eigenvalue weighted by Gasteiger charge is -2.11. The Hall–Kier alpha value is -1.39. The second kappa shape index (κ2) is 4.74. The first kappa shape index (κ1) is 10.7. The Morgan fingerprint density at radius 2 is 2.21 bits per heavy atom. The van der Waals surface area contributed by atoms with E-state index in [1.165, 1.54) is 7.11 Å². The van der Waals surface area contributed by atoms with Crippen LogP contribution < -0.4 is 5.73 Å². The molecule has 0 aliphatic heterocycles. The zero-order valence-electron chi connectivity index (χ0n) is 7.93. The molecule has 0 aromatic heterocycles. The highest BCUT2D eigenvalue weighted by Crippen LogP contribution is 2.17. The summed E-state index contributed by atoms with van der Waals surface area (Å²) in [4.78, 5) is 11.3. The van der Waals surface area contributed by atoms with Crippen LogP contribution in [0.5, 0.6) is 0 Å². The third kappa shape index (κ3) is 2.10. The highest BCUT2D eigenvalue weighted by Gasteiger charge is 2.15. The van der Waals surface area contributed by atoms with Crippen LogP contribution in [0.4, 0.5) is 0 Å². The number of benzene rings is 1. The van der Waals surface area contributed by atoms with Gasteiger partial charge < -0.3 is 15.6 Å². The van der Waals surface area contributed by atoms with Crippen LogP contribution in [0.15, 0.2) is 24.3 Å². The number of hydrogen-bond donors (Lipinski definition) is 2. The van der Waals surface area contributed by atoms with Crippen molar-refractivity contribution in [2.24, 2.45) is 5.73 Å². The van der Waals surface area contributed by atoms with Crippen LogP contribution in [-0.2, 0) is 4.74 Å². The smallest absolute Gasteiger partial charge is 0.338 e. The zero-order chi connectivity index (χ0) is 10.6. The third-order valence-electron chi connectivity index (χ3n) is 1.95. The highest BCUT2D eigenvalue weighted by molar-refractivity contribution is 5.91.